The summed E-state index contributed by atoms with van der Waals surface area (Å²) in [6.07, 6.45) is 2.54. The van der Waals surface area contributed by atoms with E-state index in [1.165, 1.54) is 0 Å². The molecular weight excluding hydrogens is 374 g/mol. The molecule has 4 rings (SSSR count). The van der Waals surface area contributed by atoms with Gasteiger partial charge in [-0.05, 0) is 30.9 Å². The van der Waals surface area contributed by atoms with Crippen molar-refractivity contribution in [2.75, 3.05) is 32.7 Å². The summed E-state index contributed by atoms with van der Waals surface area (Å²) in [6.45, 7) is 8.23. The Kier molecular flexibility index (Phi) is 5.27. The van der Waals surface area contributed by atoms with Gasteiger partial charge in [0.05, 0.1) is 10.8 Å². The zero-order chi connectivity index (χ0) is 19.9. The lowest BCUT2D eigenvalue weighted by atomic mass is 9.76. The number of hydrogen-bond acceptors (Lipinski definition) is 4. The predicted octanol–water partition coefficient (Wildman–Crippen LogP) is 1.93. The van der Waals surface area contributed by atoms with Crippen molar-refractivity contribution >= 4 is 15.9 Å². The Hall–Kier alpha value is -1.44. The summed E-state index contributed by atoms with van der Waals surface area (Å²) in [6, 6.07) is 8.63. The van der Waals surface area contributed by atoms with Crippen molar-refractivity contribution in [3.63, 3.8) is 0 Å². The number of hydrogen-bond donors (Lipinski definition) is 1. The summed E-state index contributed by atoms with van der Waals surface area (Å²) in [7, 11) is -3.46. The summed E-state index contributed by atoms with van der Waals surface area (Å²) in [4.78, 5) is 15.4. The van der Waals surface area contributed by atoms with Gasteiger partial charge in [-0.3, -0.25) is 4.79 Å². The highest BCUT2D eigenvalue weighted by Gasteiger charge is 2.57. The highest BCUT2D eigenvalue weighted by Crippen LogP contribution is 2.44. The molecule has 1 aromatic rings. The van der Waals surface area contributed by atoms with Crippen LogP contribution in [0.5, 0.6) is 0 Å². The smallest absolute Gasteiger partial charge is 0.243 e. The van der Waals surface area contributed by atoms with Gasteiger partial charge >= 0.3 is 0 Å². The molecule has 0 unspecified atom stereocenters. The number of carbonyl (C=O) groups is 1. The lowest BCUT2D eigenvalue weighted by Gasteiger charge is -2.42. The molecule has 1 spiro atoms. The van der Waals surface area contributed by atoms with E-state index in [0.29, 0.717) is 42.7 Å². The molecule has 0 aromatic heterocycles. The van der Waals surface area contributed by atoms with Gasteiger partial charge in [0.1, 0.15) is 0 Å². The average Bonchev–Trinajstić information content (AvgIpc) is 3.22. The number of piperidine rings is 1. The third-order valence-electron chi connectivity index (χ3n) is 7.08. The van der Waals surface area contributed by atoms with Gasteiger partial charge in [0.25, 0.3) is 0 Å². The first kappa shape index (κ1) is 19.9. The molecule has 0 radical (unpaired) electrons. The number of benzene rings is 1. The fraction of sp³-hybridized carbons (Fsp3) is 0.667. The Morgan fingerprint density at radius 3 is 2.50 bits per heavy atom. The number of nitrogens with zero attached hydrogens (tertiary/aromatic N) is 2. The van der Waals surface area contributed by atoms with Gasteiger partial charge in [0, 0.05) is 44.2 Å². The number of likely N-dealkylation sites (tertiary alicyclic amines) is 1. The fourth-order valence-corrected chi connectivity index (χ4v) is 6.69. The second kappa shape index (κ2) is 7.43. The topological polar surface area (TPSA) is 69.7 Å². The fourth-order valence-electron chi connectivity index (χ4n) is 5.22. The third-order valence-corrected chi connectivity index (χ3v) is 8.99. The molecule has 1 aromatic carbocycles. The molecule has 28 heavy (non-hydrogen) atoms. The molecule has 3 fully saturated rings. The molecule has 1 N–H and O–H groups in total. The van der Waals surface area contributed by atoms with E-state index in [-0.39, 0.29) is 17.4 Å². The minimum Gasteiger partial charge on any atom is -0.350 e. The lowest BCUT2D eigenvalue weighted by molar-refractivity contribution is -0.123. The highest BCUT2D eigenvalue weighted by molar-refractivity contribution is 7.89. The van der Waals surface area contributed by atoms with Crippen LogP contribution in [-0.2, 0) is 14.8 Å². The maximum absolute atomic E-state index is 12.9. The summed E-state index contributed by atoms with van der Waals surface area (Å²) in [5, 5.41) is 3.28. The highest BCUT2D eigenvalue weighted by atomic mass is 32.2. The molecule has 0 bridgehead atoms. The van der Waals surface area contributed by atoms with Crippen LogP contribution in [-0.4, -0.2) is 61.8 Å². The minimum atomic E-state index is -3.46. The maximum atomic E-state index is 12.9. The average molecular weight is 406 g/mol. The third kappa shape index (κ3) is 3.37. The van der Waals surface area contributed by atoms with E-state index >= 15 is 0 Å². The molecule has 3 atom stereocenters. The summed E-state index contributed by atoms with van der Waals surface area (Å²) >= 11 is 0. The molecule has 1 amide bonds. The van der Waals surface area contributed by atoms with E-state index in [1.807, 2.05) is 6.07 Å². The van der Waals surface area contributed by atoms with Crippen LogP contribution in [0.4, 0.5) is 0 Å². The van der Waals surface area contributed by atoms with Crippen LogP contribution >= 0.6 is 0 Å². The Morgan fingerprint density at radius 2 is 1.86 bits per heavy atom. The van der Waals surface area contributed by atoms with E-state index in [0.717, 1.165) is 26.1 Å². The summed E-state index contributed by atoms with van der Waals surface area (Å²) < 4.78 is 27.4. The van der Waals surface area contributed by atoms with Crippen LogP contribution in [0, 0.1) is 17.8 Å². The second-order valence-electron chi connectivity index (χ2n) is 8.81. The number of rotatable bonds is 5. The van der Waals surface area contributed by atoms with Crippen LogP contribution in [0.3, 0.4) is 0 Å². The minimum absolute atomic E-state index is 0.0568. The normalized spacial score (nSPS) is 29.0. The molecule has 6 nitrogen and oxygen atoms in total. The number of sulfonamides is 1. The lowest BCUT2D eigenvalue weighted by Crippen LogP contribution is -2.56. The zero-order valence-electron chi connectivity index (χ0n) is 16.8. The zero-order valence-corrected chi connectivity index (χ0v) is 17.6. The number of amides is 1. The molecule has 3 saturated heterocycles. The monoisotopic (exact) mass is 405 g/mol. The van der Waals surface area contributed by atoms with Crippen molar-refractivity contribution in [3.05, 3.63) is 30.3 Å². The Balaban J connectivity index is 1.46. The molecule has 0 aliphatic carbocycles. The Labute approximate surface area is 168 Å². The Bertz CT molecular complexity index is 819. The van der Waals surface area contributed by atoms with Crippen molar-refractivity contribution < 1.29 is 13.2 Å². The maximum Gasteiger partial charge on any atom is 0.243 e. The first-order valence-electron chi connectivity index (χ1n) is 10.5. The molecule has 0 saturated carbocycles. The SMILES string of the molecule is CC[C@@H](C)CN1C[C@H]2C(=O)NC3(CCN(S(=O)(=O)c4ccccc4)CC3)[C@H]2C1. The van der Waals surface area contributed by atoms with Crippen LogP contribution in [0.1, 0.15) is 33.1 Å². The van der Waals surface area contributed by atoms with Crippen molar-refractivity contribution in [2.45, 2.75) is 43.5 Å². The molecular formula is C21H31N3O3S. The van der Waals surface area contributed by atoms with E-state index in [1.54, 1.807) is 28.6 Å². The van der Waals surface area contributed by atoms with Crippen molar-refractivity contribution in [1.29, 1.82) is 0 Å². The van der Waals surface area contributed by atoms with E-state index < -0.39 is 10.0 Å². The largest absolute Gasteiger partial charge is 0.350 e. The van der Waals surface area contributed by atoms with E-state index in [9.17, 15) is 13.2 Å². The van der Waals surface area contributed by atoms with Crippen molar-refractivity contribution in [2.24, 2.45) is 17.8 Å². The van der Waals surface area contributed by atoms with Crippen molar-refractivity contribution in [3.8, 4) is 0 Å². The van der Waals surface area contributed by atoms with E-state index in [2.05, 4.69) is 24.1 Å². The van der Waals surface area contributed by atoms with Crippen LogP contribution in [0.15, 0.2) is 35.2 Å². The van der Waals surface area contributed by atoms with Gasteiger partial charge in [-0.25, -0.2) is 8.42 Å². The first-order valence-corrected chi connectivity index (χ1v) is 11.9. The van der Waals surface area contributed by atoms with Gasteiger partial charge in [-0.15, -0.1) is 0 Å². The molecule has 3 aliphatic heterocycles. The second-order valence-corrected chi connectivity index (χ2v) is 10.7. The number of nitrogens with one attached hydrogen (secondary N) is 1. The quantitative estimate of drug-likeness (QED) is 0.813. The molecule has 7 heteroatoms. The molecule has 3 heterocycles. The number of carbonyl (C=O) groups excluding carboxylic acids is 1. The summed E-state index contributed by atoms with van der Waals surface area (Å²) in [5.41, 5.74) is -0.241. The first-order chi connectivity index (χ1) is 13.4. The molecule has 3 aliphatic rings. The Morgan fingerprint density at radius 1 is 1.18 bits per heavy atom. The number of fused-ring (bicyclic) bond motifs is 2. The van der Waals surface area contributed by atoms with Crippen LogP contribution in [0.2, 0.25) is 0 Å². The van der Waals surface area contributed by atoms with Gasteiger partial charge in [-0.2, -0.15) is 4.31 Å². The standard InChI is InChI=1S/C21H31N3O3S/c1-3-16(2)13-23-14-18-19(15-23)21(22-20(18)25)9-11-24(12-10-21)28(26,27)17-7-5-4-6-8-17/h4-8,16,18-19H,3,9-15H2,1-2H3,(H,22,25)/t16-,18-,19+/m1/s1. The van der Waals surface area contributed by atoms with Crippen molar-refractivity contribution in [1.82, 2.24) is 14.5 Å². The van der Waals surface area contributed by atoms with Gasteiger partial charge in [0.2, 0.25) is 15.9 Å². The van der Waals surface area contributed by atoms with Gasteiger partial charge in [-0.1, -0.05) is 38.5 Å². The van der Waals surface area contributed by atoms with E-state index in [4.69, 9.17) is 0 Å². The summed E-state index contributed by atoms with van der Waals surface area (Å²) in [5.74, 6) is 1.15. The van der Waals surface area contributed by atoms with Gasteiger partial charge < -0.3 is 10.2 Å². The van der Waals surface area contributed by atoms with Crippen LogP contribution < -0.4 is 5.32 Å². The van der Waals surface area contributed by atoms with Crippen LogP contribution in [0.25, 0.3) is 0 Å². The predicted molar refractivity (Wildman–Crippen MR) is 108 cm³/mol. The molecule has 154 valence electrons. The van der Waals surface area contributed by atoms with Gasteiger partial charge in [0.15, 0.2) is 0 Å².